The third-order valence-corrected chi connectivity index (χ3v) is 2.82. The Balaban J connectivity index is 2.86. The van der Waals surface area contributed by atoms with Gasteiger partial charge in [-0.15, -0.1) is 0 Å². The lowest BCUT2D eigenvalue weighted by Crippen LogP contribution is -2.18. The van der Waals surface area contributed by atoms with Gasteiger partial charge in [-0.25, -0.2) is 0 Å². The topological polar surface area (TPSA) is 0 Å². The number of hydrogen-bond donors (Lipinski definition) is 0. The van der Waals surface area contributed by atoms with E-state index in [1.54, 1.807) is 44.2 Å². The molecule has 0 amide bonds. The average molecular weight is 220 g/mol. The molecule has 14 heavy (non-hydrogen) atoms. The lowest BCUT2D eigenvalue weighted by atomic mass is 10.0. The summed E-state index contributed by atoms with van der Waals surface area (Å²) in [6.45, 7) is 3.14. The molecule has 0 aliphatic rings. The van der Waals surface area contributed by atoms with Crippen molar-refractivity contribution in [1.82, 2.24) is 0 Å². The molecule has 0 nitrogen and oxygen atoms in total. The predicted molar refractivity (Wildman–Crippen MR) is 53.1 cm³/mol. The van der Waals surface area contributed by atoms with Gasteiger partial charge in [-0.05, 0) is 31.2 Å². The van der Waals surface area contributed by atoms with Crippen LogP contribution in [0.3, 0.4) is 0 Å². The number of benzene rings is 1. The Labute approximate surface area is 85.5 Å². The van der Waals surface area contributed by atoms with Gasteiger partial charge in [-0.2, -0.15) is 13.2 Å². The molecule has 0 heterocycles. The maximum absolute atomic E-state index is 12.2. The van der Waals surface area contributed by atoms with Gasteiger partial charge in [-0.1, -0.05) is 30.3 Å². The van der Waals surface area contributed by atoms with Gasteiger partial charge in [-0.3, -0.25) is 0 Å². The first-order valence-corrected chi connectivity index (χ1v) is 4.95. The number of hydrogen-bond acceptors (Lipinski definition) is 1. The van der Waals surface area contributed by atoms with Gasteiger partial charge >= 0.3 is 5.51 Å². The van der Waals surface area contributed by atoms with E-state index in [0.29, 0.717) is 5.56 Å². The second-order valence-electron chi connectivity index (χ2n) is 3.42. The third-order valence-electron chi connectivity index (χ3n) is 1.84. The highest BCUT2D eigenvalue weighted by Gasteiger charge is 2.38. The van der Waals surface area contributed by atoms with E-state index in [-0.39, 0.29) is 11.8 Å². The van der Waals surface area contributed by atoms with Crippen molar-refractivity contribution in [3.05, 3.63) is 35.9 Å². The molecule has 0 radical (unpaired) electrons. The first-order valence-electron chi connectivity index (χ1n) is 4.14. The molecule has 1 rings (SSSR count). The zero-order valence-electron chi connectivity index (χ0n) is 7.93. The summed E-state index contributed by atoms with van der Waals surface area (Å²) in [6, 6.07) is 8.69. The summed E-state index contributed by atoms with van der Waals surface area (Å²) in [5.74, 6) is 0. The minimum atomic E-state index is -4.20. The van der Waals surface area contributed by atoms with Gasteiger partial charge in [0.05, 0.1) is 0 Å². The quantitative estimate of drug-likeness (QED) is 0.720. The molecule has 0 aliphatic carbocycles. The van der Waals surface area contributed by atoms with Crippen LogP contribution in [-0.4, -0.2) is 5.51 Å². The van der Waals surface area contributed by atoms with Crippen LogP contribution in [0.2, 0.25) is 0 Å². The molecule has 0 N–H and O–H groups in total. The molecular weight excluding hydrogens is 209 g/mol. The zero-order valence-corrected chi connectivity index (χ0v) is 8.75. The monoisotopic (exact) mass is 220 g/mol. The second kappa shape index (κ2) is 3.85. The first-order chi connectivity index (χ1) is 6.31. The highest BCUT2D eigenvalue weighted by atomic mass is 32.2. The number of thioether (sulfide) groups is 1. The first kappa shape index (κ1) is 11.4. The molecule has 0 atom stereocenters. The highest BCUT2D eigenvalue weighted by molar-refractivity contribution is 8.01. The smallest absolute Gasteiger partial charge is 0.160 e. The van der Waals surface area contributed by atoms with Gasteiger partial charge in [0, 0.05) is 4.75 Å². The molecule has 0 spiro atoms. The highest BCUT2D eigenvalue weighted by Crippen LogP contribution is 2.45. The second-order valence-corrected chi connectivity index (χ2v) is 5.11. The van der Waals surface area contributed by atoms with Crippen LogP contribution in [0.4, 0.5) is 13.2 Å². The van der Waals surface area contributed by atoms with Crippen LogP contribution in [0.5, 0.6) is 0 Å². The molecule has 0 aliphatic heterocycles. The Morgan fingerprint density at radius 3 is 1.93 bits per heavy atom. The van der Waals surface area contributed by atoms with Crippen molar-refractivity contribution >= 4 is 11.8 Å². The van der Waals surface area contributed by atoms with Crippen molar-refractivity contribution < 1.29 is 13.2 Å². The minimum absolute atomic E-state index is 0.0121. The maximum Gasteiger partial charge on any atom is 0.442 e. The fourth-order valence-corrected chi connectivity index (χ4v) is 2.02. The van der Waals surface area contributed by atoms with Crippen molar-refractivity contribution in [3.63, 3.8) is 0 Å². The van der Waals surface area contributed by atoms with Crippen molar-refractivity contribution in [2.75, 3.05) is 0 Å². The summed E-state index contributed by atoms with van der Waals surface area (Å²) in [7, 11) is 0. The average Bonchev–Trinajstić information content (AvgIpc) is 2.01. The van der Waals surface area contributed by atoms with Crippen LogP contribution in [0.1, 0.15) is 19.4 Å². The van der Waals surface area contributed by atoms with E-state index in [2.05, 4.69) is 0 Å². The predicted octanol–water partition coefficient (Wildman–Crippen LogP) is 4.17. The Hall–Kier alpha value is -0.640. The van der Waals surface area contributed by atoms with Crippen molar-refractivity contribution in [2.45, 2.75) is 24.1 Å². The van der Waals surface area contributed by atoms with E-state index in [4.69, 9.17) is 0 Å². The van der Waals surface area contributed by atoms with Crippen LogP contribution in [0.15, 0.2) is 30.3 Å². The van der Waals surface area contributed by atoms with Crippen molar-refractivity contribution in [2.24, 2.45) is 0 Å². The van der Waals surface area contributed by atoms with E-state index in [9.17, 15) is 13.2 Å². The van der Waals surface area contributed by atoms with Crippen LogP contribution in [-0.2, 0) is 4.75 Å². The number of rotatable bonds is 2. The number of alkyl halides is 3. The van der Waals surface area contributed by atoms with E-state index < -0.39 is 10.3 Å². The van der Waals surface area contributed by atoms with Crippen LogP contribution in [0.25, 0.3) is 0 Å². The molecule has 4 heteroatoms. The fourth-order valence-electron chi connectivity index (χ4n) is 1.19. The molecule has 78 valence electrons. The molecule has 1 aromatic rings. The molecule has 0 unspecified atom stereocenters. The summed E-state index contributed by atoms with van der Waals surface area (Å²) >= 11 is 0.0121. The summed E-state index contributed by atoms with van der Waals surface area (Å²) in [5, 5.41) is 0. The van der Waals surface area contributed by atoms with E-state index in [1.807, 2.05) is 0 Å². The molecule has 0 saturated heterocycles. The van der Waals surface area contributed by atoms with Crippen LogP contribution >= 0.6 is 11.8 Å². The summed E-state index contributed by atoms with van der Waals surface area (Å²) in [6.07, 6.45) is 0. The molecule has 1 aromatic carbocycles. The lowest BCUT2D eigenvalue weighted by molar-refractivity contribution is -0.0341. The van der Waals surface area contributed by atoms with E-state index in [0.717, 1.165) is 0 Å². The Morgan fingerprint density at radius 2 is 1.50 bits per heavy atom. The molecular formula is C10H11F3S. The van der Waals surface area contributed by atoms with Gasteiger partial charge in [0.1, 0.15) is 0 Å². The molecule has 0 aromatic heterocycles. The van der Waals surface area contributed by atoms with E-state index >= 15 is 0 Å². The fraction of sp³-hybridized carbons (Fsp3) is 0.400. The van der Waals surface area contributed by atoms with Crippen LogP contribution < -0.4 is 0 Å². The summed E-state index contributed by atoms with van der Waals surface area (Å²) in [5.41, 5.74) is -3.51. The maximum atomic E-state index is 12.2. The normalized spacial score (nSPS) is 12.9. The molecule has 0 fully saturated rings. The van der Waals surface area contributed by atoms with E-state index in [1.165, 1.54) is 0 Å². The summed E-state index contributed by atoms with van der Waals surface area (Å²) in [4.78, 5) is 0. The Morgan fingerprint density at radius 1 is 1.00 bits per heavy atom. The van der Waals surface area contributed by atoms with Crippen molar-refractivity contribution in [3.8, 4) is 0 Å². The van der Waals surface area contributed by atoms with Crippen molar-refractivity contribution in [1.29, 1.82) is 0 Å². The SMILES string of the molecule is CC(C)(SC(F)(F)F)c1ccccc1. The van der Waals surface area contributed by atoms with Gasteiger partial charge < -0.3 is 0 Å². The summed E-state index contributed by atoms with van der Waals surface area (Å²) < 4.78 is 35.7. The largest absolute Gasteiger partial charge is 0.442 e. The third kappa shape index (κ3) is 3.25. The standard InChI is InChI=1S/C10H11F3S/c1-9(2,14-10(11,12)13)8-6-4-3-5-7-8/h3-7H,1-2H3. The molecule has 0 bridgehead atoms. The minimum Gasteiger partial charge on any atom is -0.160 e. The zero-order chi connectivity index (χ0) is 10.8. The van der Waals surface area contributed by atoms with Gasteiger partial charge in [0.2, 0.25) is 0 Å². The van der Waals surface area contributed by atoms with Gasteiger partial charge in [0.25, 0.3) is 0 Å². The van der Waals surface area contributed by atoms with Gasteiger partial charge in [0.15, 0.2) is 0 Å². The lowest BCUT2D eigenvalue weighted by Gasteiger charge is -2.25. The molecule has 0 saturated carbocycles. The van der Waals surface area contributed by atoms with Crippen LogP contribution in [0, 0.1) is 0 Å². The Kier molecular flexibility index (Phi) is 3.14. The number of halogens is 3. The Bertz CT molecular complexity index is 290.